The molecule has 0 N–H and O–H groups in total. The summed E-state index contributed by atoms with van der Waals surface area (Å²) in [6.07, 6.45) is 0. The monoisotopic (exact) mass is 377 g/mol. The van der Waals surface area contributed by atoms with Gasteiger partial charge in [-0.2, -0.15) is 0 Å². The Morgan fingerprint density at radius 2 is 1.03 bits per heavy atom. The summed E-state index contributed by atoms with van der Waals surface area (Å²) in [7, 11) is 0. The van der Waals surface area contributed by atoms with Gasteiger partial charge in [0.1, 0.15) is 5.52 Å². The van der Waals surface area contributed by atoms with Gasteiger partial charge in [0.2, 0.25) is 5.43 Å². The molecule has 0 unspecified atom stereocenters. The van der Waals surface area contributed by atoms with Gasteiger partial charge in [-0.05, 0) is 48.5 Å². The molecule has 0 fully saturated rings. The lowest BCUT2D eigenvalue weighted by Gasteiger charge is -2.03. The Kier molecular flexibility index (Phi) is 4.18. The van der Waals surface area contributed by atoms with Gasteiger partial charge >= 0.3 is 0 Å². The summed E-state index contributed by atoms with van der Waals surface area (Å²) in [4.78, 5) is 24.8. The summed E-state index contributed by atoms with van der Waals surface area (Å²) in [6.45, 7) is 0. The van der Waals surface area contributed by atoms with E-state index in [1.54, 1.807) is 12.1 Å². The zero-order valence-corrected chi connectivity index (χ0v) is 15.3. The van der Waals surface area contributed by atoms with E-state index in [9.17, 15) is 4.79 Å². The summed E-state index contributed by atoms with van der Waals surface area (Å²) >= 11 is 0. The largest absolute Gasteiger partial charge is 0.453 e. The maximum absolute atomic E-state index is 11.5. The Hall–Kier alpha value is -4.12. The first-order chi connectivity index (χ1) is 14.3. The summed E-state index contributed by atoms with van der Waals surface area (Å²) in [5.74, 6) is 0.529. The highest BCUT2D eigenvalue weighted by Gasteiger charge is 2.10. The van der Waals surface area contributed by atoms with Crippen LogP contribution in [0.4, 0.5) is 0 Å². The number of fused-ring (bicyclic) bond motifs is 4. The third-order valence-electron chi connectivity index (χ3n) is 4.52. The fourth-order valence-electron chi connectivity index (χ4n) is 3.14. The van der Waals surface area contributed by atoms with Crippen LogP contribution in [0.1, 0.15) is 0 Å². The molecule has 29 heavy (non-hydrogen) atoms. The van der Waals surface area contributed by atoms with Crippen LogP contribution < -0.4 is 5.43 Å². The van der Waals surface area contributed by atoms with Crippen molar-refractivity contribution < 1.29 is 4.42 Å². The highest BCUT2D eigenvalue weighted by Crippen LogP contribution is 2.21. The molecular weight excluding hydrogens is 362 g/mol. The number of para-hydroxylation sites is 7. The van der Waals surface area contributed by atoms with Crippen LogP contribution in [-0.2, 0) is 0 Å². The van der Waals surface area contributed by atoms with Crippen LogP contribution in [0.2, 0.25) is 0 Å². The van der Waals surface area contributed by atoms with Gasteiger partial charge in [-0.15, -0.1) is 0 Å². The van der Waals surface area contributed by atoms with Gasteiger partial charge in [0, 0.05) is 0 Å². The topological polar surface area (TPSA) is 68.9 Å². The summed E-state index contributed by atoms with van der Waals surface area (Å²) in [6, 6.07) is 28.1. The Morgan fingerprint density at radius 1 is 0.517 bits per heavy atom. The van der Waals surface area contributed by atoms with Crippen molar-refractivity contribution in [2.24, 2.45) is 0 Å². The number of benzene rings is 4. The molecule has 0 saturated carbocycles. The minimum Gasteiger partial charge on any atom is -0.453 e. The second-order valence-corrected chi connectivity index (χ2v) is 6.49. The fourth-order valence-corrected chi connectivity index (χ4v) is 3.14. The minimum absolute atomic E-state index is 0.109. The number of hydrogen-bond acceptors (Lipinski definition) is 5. The summed E-state index contributed by atoms with van der Waals surface area (Å²) in [5.41, 5.74) is 5.47. The molecule has 1 aromatic heterocycles. The van der Waals surface area contributed by atoms with Gasteiger partial charge in [-0.3, -0.25) is 4.79 Å². The van der Waals surface area contributed by atoms with Crippen molar-refractivity contribution in [3.63, 3.8) is 0 Å². The van der Waals surface area contributed by atoms with Crippen LogP contribution in [0, 0.1) is 0 Å². The molecular formula is C24H15N3O2. The molecule has 0 spiro atoms. The van der Waals surface area contributed by atoms with Crippen molar-refractivity contribution in [2.75, 3.05) is 0 Å². The van der Waals surface area contributed by atoms with Crippen molar-refractivity contribution in [3.8, 4) is 11.5 Å². The van der Waals surface area contributed by atoms with E-state index in [1.807, 2.05) is 72.8 Å². The first-order valence-corrected chi connectivity index (χ1v) is 9.18. The minimum atomic E-state index is -0.109. The third-order valence-corrected chi connectivity index (χ3v) is 4.52. The second-order valence-electron chi connectivity index (χ2n) is 6.49. The Bertz CT molecular complexity index is 1390. The van der Waals surface area contributed by atoms with E-state index in [-0.39, 0.29) is 5.43 Å². The fraction of sp³-hybridized carbons (Fsp3) is 0. The molecule has 138 valence electrons. The van der Waals surface area contributed by atoms with Gasteiger partial charge in [-0.1, -0.05) is 42.5 Å². The quantitative estimate of drug-likeness (QED) is 0.346. The molecule has 0 radical (unpaired) electrons. The Morgan fingerprint density at radius 3 is 1.62 bits per heavy atom. The summed E-state index contributed by atoms with van der Waals surface area (Å²) < 4.78 is 5.56. The smallest absolute Gasteiger partial charge is 0.208 e. The van der Waals surface area contributed by atoms with Crippen molar-refractivity contribution in [3.05, 3.63) is 101 Å². The maximum Gasteiger partial charge on any atom is 0.208 e. The molecule has 2 heterocycles. The lowest BCUT2D eigenvalue weighted by atomic mass is 10.2. The summed E-state index contributed by atoms with van der Waals surface area (Å²) in [5, 5.41) is 0. The molecule has 0 atom stereocenters. The molecule has 0 saturated heterocycles. The maximum atomic E-state index is 11.5. The molecule has 6 rings (SSSR count). The molecule has 1 aliphatic carbocycles. The second kappa shape index (κ2) is 7.13. The van der Waals surface area contributed by atoms with E-state index in [0.717, 1.165) is 22.1 Å². The molecule has 3 aromatic carbocycles. The first kappa shape index (κ1) is 17.0. The van der Waals surface area contributed by atoms with Gasteiger partial charge in [0.15, 0.2) is 17.0 Å². The normalized spacial score (nSPS) is 10.9. The Labute approximate surface area is 165 Å². The highest BCUT2D eigenvalue weighted by atomic mass is 16.3. The average Bonchev–Trinajstić information content (AvgIpc) is 2.77. The standard InChI is InChI=1S/C12H8N2.C12H7NO2/c1-2-6-10-9(5-1)13-11-7-3-4-8-12(11)14-10;14-9-5-3-7-11-12(9)13-8-4-1-2-6-10(8)15-11/h1-8H;1-7H. The molecule has 0 bridgehead atoms. The van der Waals surface area contributed by atoms with Gasteiger partial charge in [-0.25, -0.2) is 15.0 Å². The average molecular weight is 377 g/mol. The molecule has 2 aliphatic rings. The van der Waals surface area contributed by atoms with Gasteiger partial charge in [0.05, 0.1) is 22.1 Å². The molecule has 5 heteroatoms. The van der Waals surface area contributed by atoms with E-state index in [2.05, 4.69) is 15.0 Å². The van der Waals surface area contributed by atoms with E-state index in [1.165, 1.54) is 6.07 Å². The van der Waals surface area contributed by atoms with E-state index in [0.29, 0.717) is 22.6 Å². The van der Waals surface area contributed by atoms with Crippen molar-refractivity contribution in [2.45, 2.75) is 0 Å². The number of aromatic nitrogens is 3. The predicted molar refractivity (Wildman–Crippen MR) is 114 cm³/mol. The van der Waals surface area contributed by atoms with E-state index < -0.39 is 0 Å². The van der Waals surface area contributed by atoms with E-state index >= 15 is 0 Å². The number of hydrogen-bond donors (Lipinski definition) is 0. The lowest BCUT2D eigenvalue weighted by molar-refractivity contribution is 0.612. The lowest BCUT2D eigenvalue weighted by Crippen LogP contribution is -2.05. The molecule has 4 aromatic rings. The molecule has 1 aliphatic heterocycles. The van der Waals surface area contributed by atoms with Crippen LogP contribution in [0.5, 0.6) is 0 Å². The van der Waals surface area contributed by atoms with Gasteiger partial charge in [0.25, 0.3) is 0 Å². The zero-order chi connectivity index (χ0) is 19.6. The van der Waals surface area contributed by atoms with Crippen LogP contribution in [-0.4, -0.2) is 15.0 Å². The van der Waals surface area contributed by atoms with Crippen molar-refractivity contribution >= 4 is 33.2 Å². The van der Waals surface area contributed by atoms with Gasteiger partial charge < -0.3 is 4.42 Å². The predicted octanol–water partition coefficient (Wildman–Crippen LogP) is 5.08. The molecule has 5 nitrogen and oxygen atoms in total. The van der Waals surface area contributed by atoms with Crippen LogP contribution in [0.15, 0.2) is 100 Å². The number of rotatable bonds is 0. The highest BCUT2D eigenvalue weighted by molar-refractivity contribution is 5.85. The van der Waals surface area contributed by atoms with E-state index in [4.69, 9.17) is 4.42 Å². The van der Waals surface area contributed by atoms with Crippen LogP contribution in [0.3, 0.4) is 0 Å². The zero-order valence-electron chi connectivity index (χ0n) is 15.3. The first-order valence-electron chi connectivity index (χ1n) is 9.18. The van der Waals surface area contributed by atoms with Crippen molar-refractivity contribution in [1.82, 2.24) is 15.0 Å². The van der Waals surface area contributed by atoms with Crippen LogP contribution in [0.25, 0.3) is 44.6 Å². The SMILES string of the molecule is O=c1cccc2oc3ccccc3nc1-2.c1ccc2nc3ccccc3nc2c1. The Balaban J connectivity index is 0.000000125. The number of nitrogens with zero attached hydrogens (tertiary/aromatic N) is 3. The third kappa shape index (κ3) is 3.30. The van der Waals surface area contributed by atoms with Crippen molar-refractivity contribution in [1.29, 1.82) is 0 Å². The molecule has 0 amide bonds. The van der Waals surface area contributed by atoms with Crippen LogP contribution >= 0.6 is 0 Å².